The molecule has 0 spiro atoms. The van der Waals surface area contributed by atoms with E-state index in [0.29, 0.717) is 6.54 Å². The van der Waals surface area contributed by atoms with Crippen LogP contribution in [0.2, 0.25) is 0 Å². The van der Waals surface area contributed by atoms with Crippen LogP contribution in [0.15, 0.2) is 40.2 Å². The molecule has 112 valence electrons. The Hall–Kier alpha value is -1.37. The lowest BCUT2D eigenvalue weighted by Gasteiger charge is -2.10. The third kappa shape index (κ3) is 5.15. The Morgan fingerprint density at radius 2 is 2.19 bits per heavy atom. The Bertz CT molecular complexity index is 612. The summed E-state index contributed by atoms with van der Waals surface area (Å²) in [6.07, 6.45) is 0.823. The quantitative estimate of drug-likeness (QED) is 0.750. The molecule has 21 heavy (non-hydrogen) atoms. The zero-order valence-corrected chi connectivity index (χ0v) is 14.1. The molecule has 4 nitrogen and oxygen atoms in total. The van der Waals surface area contributed by atoms with Gasteiger partial charge in [0.1, 0.15) is 0 Å². The smallest absolute Gasteiger partial charge is 0.319 e. The average Bonchev–Trinajstić information content (AvgIpc) is 2.84. The number of nitrogens with two attached hydrogens (primary N) is 1. The highest BCUT2D eigenvalue weighted by Gasteiger charge is 2.04. The lowest BCUT2D eigenvalue weighted by Crippen LogP contribution is -2.30. The van der Waals surface area contributed by atoms with Crippen molar-refractivity contribution in [3.63, 3.8) is 0 Å². The van der Waals surface area contributed by atoms with Crippen molar-refractivity contribution in [3.05, 3.63) is 50.6 Å². The number of rotatable bonds is 5. The fourth-order valence-electron chi connectivity index (χ4n) is 1.86. The first-order chi connectivity index (χ1) is 10.0. The van der Waals surface area contributed by atoms with Crippen molar-refractivity contribution in [2.24, 2.45) is 5.73 Å². The first kappa shape index (κ1) is 16.0. The zero-order valence-electron chi connectivity index (χ0n) is 11.7. The van der Waals surface area contributed by atoms with Gasteiger partial charge in [0, 0.05) is 23.2 Å². The second-order valence-electron chi connectivity index (χ2n) is 4.75. The van der Waals surface area contributed by atoms with Crippen LogP contribution in [0.1, 0.15) is 23.4 Å². The van der Waals surface area contributed by atoms with E-state index in [9.17, 15) is 4.79 Å². The van der Waals surface area contributed by atoms with Crippen molar-refractivity contribution >= 4 is 39.0 Å². The van der Waals surface area contributed by atoms with Gasteiger partial charge < -0.3 is 16.4 Å². The van der Waals surface area contributed by atoms with Gasteiger partial charge in [-0.25, -0.2) is 4.79 Å². The number of urea groups is 1. The van der Waals surface area contributed by atoms with Crippen molar-refractivity contribution < 1.29 is 4.79 Å². The summed E-state index contributed by atoms with van der Waals surface area (Å²) in [5, 5.41) is 5.66. The molecule has 6 heteroatoms. The highest BCUT2D eigenvalue weighted by Crippen LogP contribution is 2.22. The molecule has 1 aromatic carbocycles. The van der Waals surface area contributed by atoms with E-state index in [-0.39, 0.29) is 12.1 Å². The molecule has 0 fully saturated rings. The number of anilines is 1. The third-order valence-electron chi connectivity index (χ3n) is 2.96. The zero-order chi connectivity index (χ0) is 15.2. The lowest BCUT2D eigenvalue weighted by molar-refractivity contribution is 0.252. The number of carbonyl (C=O) groups excluding carboxylic acids is 1. The predicted molar refractivity (Wildman–Crippen MR) is 91.8 cm³/mol. The minimum Gasteiger partial charge on any atom is -0.338 e. The maximum absolute atomic E-state index is 11.8. The van der Waals surface area contributed by atoms with Crippen LogP contribution in [-0.2, 0) is 6.42 Å². The van der Waals surface area contributed by atoms with Crippen molar-refractivity contribution in [2.45, 2.75) is 19.4 Å². The number of halogens is 1. The molecule has 2 aromatic rings. The average molecular weight is 368 g/mol. The van der Waals surface area contributed by atoms with Crippen LogP contribution in [0, 0.1) is 0 Å². The highest BCUT2D eigenvalue weighted by atomic mass is 79.9. The maximum Gasteiger partial charge on any atom is 0.319 e. The lowest BCUT2D eigenvalue weighted by atomic mass is 10.1. The number of thiophene rings is 1. The standard InChI is InChI=1S/C15H18BrN3OS/c1-10(17)11-3-2-4-12(9-11)19-15(20)18-8-7-13-5-6-14(16)21-13/h2-6,9-10H,7-8,17H2,1H3,(H2,18,19,20). The number of benzene rings is 1. The molecule has 1 aromatic heterocycles. The van der Waals surface area contributed by atoms with Gasteiger partial charge in [-0.1, -0.05) is 12.1 Å². The minimum atomic E-state index is -0.201. The summed E-state index contributed by atoms with van der Waals surface area (Å²) >= 11 is 5.10. The Labute approximate surface area is 136 Å². The topological polar surface area (TPSA) is 67.1 Å². The van der Waals surface area contributed by atoms with E-state index in [2.05, 4.69) is 32.6 Å². The summed E-state index contributed by atoms with van der Waals surface area (Å²) in [5.41, 5.74) is 7.58. The Morgan fingerprint density at radius 3 is 2.86 bits per heavy atom. The van der Waals surface area contributed by atoms with E-state index >= 15 is 0 Å². The molecular formula is C15H18BrN3OS. The normalized spacial score (nSPS) is 12.0. The molecule has 1 unspecified atom stereocenters. The van der Waals surface area contributed by atoms with Crippen molar-refractivity contribution in [2.75, 3.05) is 11.9 Å². The van der Waals surface area contributed by atoms with Crippen molar-refractivity contribution in [3.8, 4) is 0 Å². The van der Waals surface area contributed by atoms with E-state index in [1.165, 1.54) is 4.88 Å². The number of hydrogen-bond acceptors (Lipinski definition) is 3. The molecule has 0 aliphatic rings. The van der Waals surface area contributed by atoms with Gasteiger partial charge in [-0.15, -0.1) is 11.3 Å². The third-order valence-corrected chi connectivity index (χ3v) is 4.64. The molecule has 4 N–H and O–H groups in total. The SMILES string of the molecule is CC(N)c1cccc(NC(=O)NCCc2ccc(Br)s2)c1. The maximum atomic E-state index is 11.8. The molecule has 0 saturated heterocycles. The molecule has 0 radical (unpaired) electrons. The second-order valence-corrected chi connectivity index (χ2v) is 7.30. The fraction of sp³-hybridized carbons (Fsp3) is 0.267. The molecule has 0 bridgehead atoms. The van der Waals surface area contributed by atoms with Crippen LogP contribution in [0.4, 0.5) is 10.5 Å². The molecule has 2 rings (SSSR count). The van der Waals surface area contributed by atoms with Crippen molar-refractivity contribution in [1.82, 2.24) is 5.32 Å². The van der Waals surface area contributed by atoms with Crippen LogP contribution < -0.4 is 16.4 Å². The van der Waals surface area contributed by atoms with E-state index in [4.69, 9.17) is 5.73 Å². The number of hydrogen-bond donors (Lipinski definition) is 3. The van der Waals surface area contributed by atoms with Gasteiger partial charge in [0.15, 0.2) is 0 Å². The number of nitrogens with one attached hydrogen (secondary N) is 2. The van der Waals surface area contributed by atoms with Crippen LogP contribution in [0.3, 0.4) is 0 Å². The molecular weight excluding hydrogens is 350 g/mol. The van der Waals surface area contributed by atoms with Crippen LogP contribution in [-0.4, -0.2) is 12.6 Å². The molecule has 1 heterocycles. The van der Waals surface area contributed by atoms with Gasteiger partial charge >= 0.3 is 6.03 Å². The van der Waals surface area contributed by atoms with E-state index in [0.717, 1.165) is 21.5 Å². The van der Waals surface area contributed by atoms with Gasteiger partial charge in [-0.3, -0.25) is 0 Å². The first-order valence-corrected chi connectivity index (χ1v) is 8.30. The molecule has 0 saturated carbocycles. The summed E-state index contributed by atoms with van der Waals surface area (Å²) < 4.78 is 1.11. The van der Waals surface area contributed by atoms with Crippen LogP contribution in [0.5, 0.6) is 0 Å². The Kier molecular flexibility index (Phi) is 5.78. The van der Waals surface area contributed by atoms with Gasteiger partial charge in [-0.2, -0.15) is 0 Å². The molecule has 1 atom stereocenters. The highest BCUT2D eigenvalue weighted by molar-refractivity contribution is 9.11. The number of carbonyl (C=O) groups is 1. The van der Waals surface area contributed by atoms with Gasteiger partial charge in [0.25, 0.3) is 0 Å². The summed E-state index contributed by atoms with van der Waals surface area (Å²) in [6, 6.07) is 11.4. The largest absolute Gasteiger partial charge is 0.338 e. The van der Waals surface area contributed by atoms with Gasteiger partial charge in [-0.05, 0) is 59.1 Å². The fourth-order valence-corrected chi connectivity index (χ4v) is 3.34. The summed E-state index contributed by atoms with van der Waals surface area (Å²) in [5.74, 6) is 0. The second kappa shape index (κ2) is 7.59. The Morgan fingerprint density at radius 1 is 1.38 bits per heavy atom. The minimum absolute atomic E-state index is 0.0490. The Balaban J connectivity index is 1.80. The monoisotopic (exact) mass is 367 g/mol. The molecule has 2 amide bonds. The summed E-state index contributed by atoms with van der Waals surface area (Å²) in [4.78, 5) is 13.1. The van der Waals surface area contributed by atoms with Crippen LogP contribution >= 0.6 is 27.3 Å². The van der Waals surface area contributed by atoms with E-state index in [1.807, 2.05) is 37.3 Å². The first-order valence-electron chi connectivity index (χ1n) is 6.69. The van der Waals surface area contributed by atoms with Gasteiger partial charge in [0.2, 0.25) is 0 Å². The summed E-state index contributed by atoms with van der Waals surface area (Å²) in [6.45, 7) is 2.52. The number of amides is 2. The predicted octanol–water partition coefficient (Wildman–Crippen LogP) is 3.89. The van der Waals surface area contributed by atoms with E-state index in [1.54, 1.807) is 11.3 Å². The van der Waals surface area contributed by atoms with Gasteiger partial charge in [0.05, 0.1) is 3.79 Å². The molecule has 0 aliphatic heterocycles. The molecule has 0 aliphatic carbocycles. The van der Waals surface area contributed by atoms with E-state index < -0.39 is 0 Å². The summed E-state index contributed by atoms with van der Waals surface area (Å²) in [7, 11) is 0. The van der Waals surface area contributed by atoms with Crippen molar-refractivity contribution in [1.29, 1.82) is 0 Å². The van der Waals surface area contributed by atoms with Crippen LogP contribution in [0.25, 0.3) is 0 Å².